The lowest BCUT2D eigenvalue weighted by atomic mass is 10.1. The summed E-state index contributed by atoms with van der Waals surface area (Å²) in [5.74, 6) is 0.807. The molecule has 1 N–H and O–H groups in total. The average molecular weight is 276 g/mol. The summed E-state index contributed by atoms with van der Waals surface area (Å²) in [6.07, 6.45) is 2.74. The Bertz CT molecular complexity index is 542. The smallest absolute Gasteiger partial charge is 0.125 e. The maximum atomic E-state index is 5.98. The van der Waals surface area contributed by atoms with E-state index in [1.165, 1.54) is 5.56 Å². The summed E-state index contributed by atoms with van der Waals surface area (Å²) in [4.78, 5) is 8.46. The Kier molecular flexibility index (Phi) is 4.88. The summed E-state index contributed by atoms with van der Waals surface area (Å²) in [7, 11) is 0. The number of aryl methyl sites for hydroxylation is 1. The third-order valence-corrected chi connectivity index (χ3v) is 3.13. The normalized spacial score (nSPS) is 12.4. The van der Waals surface area contributed by atoms with Crippen LogP contribution in [0.5, 0.6) is 0 Å². The Hall–Kier alpha value is -1.45. The molecule has 1 aromatic heterocycles. The minimum absolute atomic E-state index is 0.369. The zero-order valence-corrected chi connectivity index (χ0v) is 12.0. The monoisotopic (exact) mass is 275 g/mol. The first kappa shape index (κ1) is 14.0. The van der Waals surface area contributed by atoms with E-state index in [1.54, 1.807) is 6.20 Å². The van der Waals surface area contributed by atoms with Crippen LogP contribution in [0.4, 0.5) is 0 Å². The lowest BCUT2D eigenvalue weighted by Crippen LogP contribution is -2.28. The number of benzene rings is 1. The standard InChI is InChI=1S/C15H18ClN3/c1-11(8-13-4-3-5-14(16)9-13)18-10-15-6-7-17-12(2)19-15/h3-7,9,11,18H,8,10H2,1-2H3. The van der Waals surface area contributed by atoms with Gasteiger partial charge in [-0.15, -0.1) is 0 Å². The van der Waals surface area contributed by atoms with Crippen molar-refractivity contribution in [3.63, 3.8) is 0 Å². The van der Waals surface area contributed by atoms with E-state index in [0.29, 0.717) is 6.04 Å². The van der Waals surface area contributed by atoms with Crippen LogP contribution in [0, 0.1) is 6.92 Å². The van der Waals surface area contributed by atoms with Crippen molar-refractivity contribution in [2.45, 2.75) is 32.9 Å². The fourth-order valence-corrected chi connectivity index (χ4v) is 2.18. The zero-order valence-electron chi connectivity index (χ0n) is 11.2. The van der Waals surface area contributed by atoms with Crippen LogP contribution in [0.1, 0.15) is 24.0 Å². The summed E-state index contributed by atoms with van der Waals surface area (Å²) in [5, 5.41) is 4.25. The molecule has 0 saturated carbocycles. The second-order valence-corrected chi connectivity index (χ2v) is 5.15. The number of hydrogen-bond donors (Lipinski definition) is 1. The summed E-state index contributed by atoms with van der Waals surface area (Å²) >= 11 is 5.98. The summed E-state index contributed by atoms with van der Waals surface area (Å²) < 4.78 is 0. The van der Waals surface area contributed by atoms with Crippen molar-refractivity contribution in [2.24, 2.45) is 0 Å². The first-order chi connectivity index (χ1) is 9.13. The first-order valence-electron chi connectivity index (χ1n) is 6.40. The zero-order chi connectivity index (χ0) is 13.7. The quantitative estimate of drug-likeness (QED) is 0.911. The number of halogens is 1. The van der Waals surface area contributed by atoms with Crippen LogP contribution < -0.4 is 5.32 Å². The van der Waals surface area contributed by atoms with Gasteiger partial charge in [0.15, 0.2) is 0 Å². The molecule has 0 radical (unpaired) electrons. The fraction of sp³-hybridized carbons (Fsp3) is 0.333. The van der Waals surface area contributed by atoms with E-state index in [2.05, 4.69) is 28.3 Å². The van der Waals surface area contributed by atoms with Crippen molar-refractivity contribution in [2.75, 3.05) is 0 Å². The van der Waals surface area contributed by atoms with Gasteiger partial charge < -0.3 is 5.32 Å². The lowest BCUT2D eigenvalue weighted by molar-refractivity contribution is 0.539. The molecule has 2 aromatic rings. The van der Waals surface area contributed by atoms with Crippen LogP contribution in [0.2, 0.25) is 5.02 Å². The van der Waals surface area contributed by atoms with Crippen molar-refractivity contribution < 1.29 is 0 Å². The second-order valence-electron chi connectivity index (χ2n) is 4.71. The van der Waals surface area contributed by atoms with Gasteiger partial charge in [0.2, 0.25) is 0 Å². The van der Waals surface area contributed by atoms with Gasteiger partial charge in [-0.05, 0) is 44.0 Å². The number of nitrogens with zero attached hydrogens (tertiary/aromatic N) is 2. The van der Waals surface area contributed by atoms with Gasteiger partial charge in [0.25, 0.3) is 0 Å². The molecule has 19 heavy (non-hydrogen) atoms. The van der Waals surface area contributed by atoms with Gasteiger partial charge in [-0.3, -0.25) is 0 Å². The first-order valence-corrected chi connectivity index (χ1v) is 6.77. The Morgan fingerprint density at radius 2 is 2.16 bits per heavy atom. The molecule has 0 bridgehead atoms. The highest BCUT2D eigenvalue weighted by Gasteiger charge is 2.04. The second kappa shape index (κ2) is 6.64. The highest BCUT2D eigenvalue weighted by molar-refractivity contribution is 6.30. The molecular formula is C15H18ClN3. The van der Waals surface area contributed by atoms with Gasteiger partial charge in [-0.2, -0.15) is 0 Å². The van der Waals surface area contributed by atoms with Gasteiger partial charge in [0.1, 0.15) is 5.82 Å². The molecule has 0 spiro atoms. The van der Waals surface area contributed by atoms with Crippen molar-refractivity contribution >= 4 is 11.6 Å². The molecule has 4 heteroatoms. The van der Waals surface area contributed by atoms with Gasteiger partial charge in [0.05, 0.1) is 5.69 Å². The van der Waals surface area contributed by atoms with E-state index in [4.69, 9.17) is 11.6 Å². The summed E-state index contributed by atoms with van der Waals surface area (Å²) in [6, 6.07) is 10.3. The highest BCUT2D eigenvalue weighted by atomic mass is 35.5. The molecule has 1 unspecified atom stereocenters. The molecule has 0 aliphatic rings. The maximum Gasteiger partial charge on any atom is 0.125 e. The van der Waals surface area contributed by atoms with E-state index < -0.39 is 0 Å². The molecule has 0 saturated heterocycles. The Morgan fingerprint density at radius 3 is 2.89 bits per heavy atom. The maximum absolute atomic E-state index is 5.98. The van der Waals surface area contributed by atoms with Crippen LogP contribution in [-0.2, 0) is 13.0 Å². The van der Waals surface area contributed by atoms with E-state index in [-0.39, 0.29) is 0 Å². The van der Waals surface area contributed by atoms with E-state index in [9.17, 15) is 0 Å². The van der Waals surface area contributed by atoms with Gasteiger partial charge in [-0.25, -0.2) is 9.97 Å². The third-order valence-electron chi connectivity index (χ3n) is 2.90. The van der Waals surface area contributed by atoms with Crippen molar-refractivity contribution in [3.05, 3.63) is 58.6 Å². The van der Waals surface area contributed by atoms with Crippen LogP contribution >= 0.6 is 11.6 Å². The SMILES string of the molecule is Cc1nccc(CNC(C)Cc2cccc(Cl)c2)n1. The molecule has 1 aromatic carbocycles. The largest absolute Gasteiger partial charge is 0.308 e. The van der Waals surface area contributed by atoms with E-state index in [1.807, 2.05) is 31.2 Å². The van der Waals surface area contributed by atoms with Crippen molar-refractivity contribution in [1.82, 2.24) is 15.3 Å². The molecule has 3 nitrogen and oxygen atoms in total. The number of rotatable bonds is 5. The predicted octanol–water partition coefficient (Wildman–Crippen LogP) is 3.16. The van der Waals surface area contributed by atoms with Crippen LogP contribution in [0.3, 0.4) is 0 Å². The van der Waals surface area contributed by atoms with Crippen molar-refractivity contribution in [1.29, 1.82) is 0 Å². The van der Waals surface area contributed by atoms with Crippen molar-refractivity contribution in [3.8, 4) is 0 Å². The van der Waals surface area contributed by atoms with E-state index >= 15 is 0 Å². The van der Waals surface area contributed by atoms with Gasteiger partial charge >= 0.3 is 0 Å². The molecule has 0 aliphatic carbocycles. The van der Waals surface area contributed by atoms with Gasteiger partial charge in [-0.1, -0.05) is 23.7 Å². The topological polar surface area (TPSA) is 37.8 Å². The minimum Gasteiger partial charge on any atom is -0.308 e. The van der Waals surface area contributed by atoms with Crippen LogP contribution in [-0.4, -0.2) is 16.0 Å². The summed E-state index contributed by atoms with van der Waals surface area (Å²) in [5.41, 5.74) is 2.26. The van der Waals surface area contributed by atoms with E-state index in [0.717, 1.165) is 29.5 Å². The molecule has 0 amide bonds. The molecular weight excluding hydrogens is 258 g/mol. The van der Waals surface area contributed by atoms with Gasteiger partial charge in [0, 0.05) is 23.8 Å². The number of nitrogens with one attached hydrogen (secondary N) is 1. The Labute approximate surface area is 119 Å². The number of hydrogen-bond acceptors (Lipinski definition) is 3. The average Bonchev–Trinajstić information content (AvgIpc) is 2.36. The molecule has 0 fully saturated rings. The molecule has 2 rings (SSSR count). The molecule has 0 aliphatic heterocycles. The highest BCUT2D eigenvalue weighted by Crippen LogP contribution is 2.12. The Balaban J connectivity index is 1.86. The number of aromatic nitrogens is 2. The molecule has 1 atom stereocenters. The lowest BCUT2D eigenvalue weighted by Gasteiger charge is -2.13. The Morgan fingerprint density at radius 1 is 1.32 bits per heavy atom. The summed E-state index contributed by atoms with van der Waals surface area (Å²) in [6.45, 7) is 4.82. The third kappa shape index (κ3) is 4.62. The van der Waals surface area contributed by atoms with Crippen LogP contribution in [0.25, 0.3) is 0 Å². The van der Waals surface area contributed by atoms with Crippen LogP contribution in [0.15, 0.2) is 36.5 Å². The fourth-order valence-electron chi connectivity index (χ4n) is 1.97. The molecule has 1 heterocycles. The minimum atomic E-state index is 0.369. The molecule has 100 valence electrons. The predicted molar refractivity (Wildman–Crippen MR) is 78.2 cm³/mol.